The molecule has 0 fully saturated rings. The third-order valence-corrected chi connectivity index (χ3v) is 3.16. The Labute approximate surface area is 124 Å². The summed E-state index contributed by atoms with van der Waals surface area (Å²) >= 11 is 0. The van der Waals surface area contributed by atoms with Gasteiger partial charge in [0, 0.05) is 11.3 Å². The number of nitrogens with one attached hydrogen (secondary N) is 1. The monoisotopic (exact) mass is 285 g/mol. The molecule has 1 amide bonds. The topological polar surface area (TPSA) is 58.6 Å². The number of para-hydroxylation sites is 1. The van der Waals surface area contributed by atoms with Gasteiger partial charge in [0.1, 0.15) is 6.10 Å². The maximum Gasteiger partial charge on any atom is 0.253 e. The van der Waals surface area contributed by atoms with Gasteiger partial charge in [-0.05, 0) is 18.6 Å². The van der Waals surface area contributed by atoms with Crippen LogP contribution < -0.4 is 5.32 Å². The number of anilines is 1. The van der Waals surface area contributed by atoms with Crippen LogP contribution in [-0.4, -0.2) is 17.1 Å². The molecule has 2 N–H and O–H groups in total. The Balaban J connectivity index is 1.90. The van der Waals surface area contributed by atoms with Gasteiger partial charge in [-0.1, -0.05) is 48.5 Å². The van der Waals surface area contributed by atoms with Crippen molar-refractivity contribution in [2.24, 2.45) is 0 Å². The minimum Gasteiger partial charge on any atom is -0.392 e. The molecule has 0 aromatic heterocycles. The van der Waals surface area contributed by atoms with E-state index in [2.05, 4.69) is 5.32 Å². The standard InChI is InChI=1S/C17H19NO3/c1-13(21-12-14-7-3-2-4-8-14)17(20)18-16-10-6-5-9-15(16)11-19/h2-10,13,19H,11-12H2,1H3,(H,18,20). The molecule has 0 radical (unpaired) electrons. The van der Waals surface area contributed by atoms with Crippen LogP contribution in [0.2, 0.25) is 0 Å². The summed E-state index contributed by atoms with van der Waals surface area (Å²) in [6, 6.07) is 16.9. The first-order valence-electron chi connectivity index (χ1n) is 6.86. The first kappa shape index (κ1) is 15.2. The zero-order valence-electron chi connectivity index (χ0n) is 12.0. The van der Waals surface area contributed by atoms with Crippen LogP contribution in [0.4, 0.5) is 5.69 Å². The van der Waals surface area contributed by atoms with Crippen LogP contribution >= 0.6 is 0 Å². The van der Waals surface area contributed by atoms with Gasteiger partial charge >= 0.3 is 0 Å². The summed E-state index contributed by atoms with van der Waals surface area (Å²) in [6.45, 7) is 1.98. The lowest BCUT2D eigenvalue weighted by atomic mass is 10.2. The van der Waals surface area contributed by atoms with Gasteiger partial charge in [0.25, 0.3) is 5.91 Å². The van der Waals surface area contributed by atoms with E-state index in [1.165, 1.54) is 0 Å². The third-order valence-electron chi connectivity index (χ3n) is 3.16. The van der Waals surface area contributed by atoms with Crippen LogP contribution in [0.25, 0.3) is 0 Å². The predicted molar refractivity (Wildman–Crippen MR) is 81.7 cm³/mol. The van der Waals surface area contributed by atoms with Gasteiger partial charge in [-0.2, -0.15) is 0 Å². The van der Waals surface area contributed by atoms with Crippen molar-refractivity contribution in [1.82, 2.24) is 0 Å². The minimum atomic E-state index is -0.572. The summed E-state index contributed by atoms with van der Waals surface area (Å²) in [4.78, 5) is 12.1. The lowest BCUT2D eigenvalue weighted by Gasteiger charge is -2.15. The summed E-state index contributed by atoms with van der Waals surface area (Å²) in [5.74, 6) is -0.230. The van der Waals surface area contributed by atoms with Crippen molar-refractivity contribution in [3.63, 3.8) is 0 Å². The molecular weight excluding hydrogens is 266 g/mol. The maximum atomic E-state index is 12.1. The molecule has 110 valence electrons. The normalized spacial score (nSPS) is 11.9. The van der Waals surface area contributed by atoms with E-state index in [4.69, 9.17) is 4.74 Å². The molecule has 4 nitrogen and oxygen atoms in total. The fourth-order valence-electron chi connectivity index (χ4n) is 1.89. The first-order chi connectivity index (χ1) is 10.2. The SMILES string of the molecule is CC(OCc1ccccc1)C(=O)Nc1ccccc1CO. The molecule has 0 heterocycles. The highest BCUT2D eigenvalue weighted by atomic mass is 16.5. The molecule has 1 unspecified atom stereocenters. The van der Waals surface area contributed by atoms with E-state index in [1.807, 2.05) is 42.5 Å². The van der Waals surface area contributed by atoms with Gasteiger partial charge in [0.15, 0.2) is 0 Å². The number of carbonyl (C=O) groups excluding carboxylic acids is 1. The van der Waals surface area contributed by atoms with Gasteiger partial charge in [0.05, 0.1) is 13.2 Å². The molecule has 0 saturated heterocycles. The van der Waals surface area contributed by atoms with Crippen LogP contribution in [0.5, 0.6) is 0 Å². The van der Waals surface area contributed by atoms with Gasteiger partial charge in [-0.3, -0.25) is 4.79 Å². The Kier molecular flexibility index (Phi) is 5.49. The molecule has 4 heteroatoms. The van der Waals surface area contributed by atoms with Crippen molar-refractivity contribution in [2.45, 2.75) is 26.2 Å². The number of hydrogen-bond acceptors (Lipinski definition) is 3. The third kappa shape index (κ3) is 4.41. The Bertz CT molecular complexity index is 584. The van der Waals surface area contributed by atoms with Crippen molar-refractivity contribution < 1.29 is 14.6 Å². The zero-order chi connectivity index (χ0) is 15.1. The summed E-state index contributed by atoms with van der Waals surface area (Å²) in [5, 5.41) is 12.0. The van der Waals surface area contributed by atoms with Gasteiger partial charge < -0.3 is 15.2 Å². The highest BCUT2D eigenvalue weighted by Gasteiger charge is 2.14. The van der Waals surface area contributed by atoms with Crippen LogP contribution in [0.3, 0.4) is 0 Å². The summed E-state index contributed by atoms with van der Waals surface area (Å²) in [5.41, 5.74) is 2.31. The second-order valence-electron chi connectivity index (χ2n) is 4.74. The second kappa shape index (κ2) is 7.57. The Morgan fingerprint density at radius 1 is 1.14 bits per heavy atom. The minimum absolute atomic E-state index is 0.115. The highest BCUT2D eigenvalue weighted by molar-refractivity contribution is 5.94. The van der Waals surface area contributed by atoms with E-state index in [0.717, 1.165) is 5.56 Å². The predicted octanol–water partition coefficient (Wildman–Crippen LogP) is 2.72. The number of benzene rings is 2. The van der Waals surface area contributed by atoms with Crippen LogP contribution in [0.15, 0.2) is 54.6 Å². The van der Waals surface area contributed by atoms with Gasteiger partial charge in [-0.15, -0.1) is 0 Å². The number of rotatable bonds is 6. The Morgan fingerprint density at radius 2 is 1.81 bits per heavy atom. The fraction of sp³-hybridized carbons (Fsp3) is 0.235. The van der Waals surface area contributed by atoms with E-state index in [0.29, 0.717) is 17.9 Å². The molecule has 0 aliphatic carbocycles. The zero-order valence-corrected chi connectivity index (χ0v) is 12.0. The first-order valence-corrected chi connectivity index (χ1v) is 6.86. The summed E-state index contributed by atoms with van der Waals surface area (Å²) in [6.07, 6.45) is -0.572. The number of ether oxygens (including phenoxy) is 1. The van der Waals surface area contributed by atoms with E-state index in [9.17, 15) is 9.90 Å². The lowest BCUT2D eigenvalue weighted by molar-refractivity contribution is -0.127. The number of aliphatic hydroxyl groups excluding tert-OH is 1. The molecule has 2 aromatic rings. The van der Waals surface area contributed by atoms with Crippen molar-refractivity contribution in [3.05, 3.63) is 65.7 Å². The molecule has 0 saturated carbocycles. The quantitative estimate of drug-likeness (QED) is 0.858. The molecule has 1 atom stereocenters. The largest absolute Gasteiger partial charge is 0.392 e. The molecule has 0 bridgehead atoms. The van der Waals surface area contributed by atoms with Crippen molar-refractivity contribution in [2.75, 3.05) is 5.32 Å². The molecular formula is C17H19NO3. The molecule has 21 heavy (non-hydrogen) atoms. The van der Waals surface area contributed by atoms with Crippen molar-refractivity contribution in [3.8, 4) is 0 Å². The average molecular weight is 285 g/mol. The van der Waals surface area contributed by atoms with Crippen LogP contribution in [0, 0.1) is 0 Å². The lowest BCUT2D eigenvalue weighted by Crippen LogP contribution is -2.28. The van der Waals surface area contributed by atoms with Crippen molar-refractivity contribution >= 4 is 11.6 Å². The number of aliphatic hydroxyl groups is 1. The highest BCUT2D eigenvalue weighted by Crippen LogP contribution is 2.15. The van der Waals surface area contributed by atoms with E-state index < -0.39 is 6.10 Å². The van der Waals surface area contributed by atoms with Crippen LogP contribution in [0.1, 0.15) is 18.1 Å². The van der Waals surface area contributed by atoms with E-state index in [-0.39, 0.29) is 12.5 Å². The fourth-order valence-corrected chi connectivity index (χ4v) is 1.89. The maximum absolute atomic E-state index is 12.1. The number of carbonyl (C=O) groups is 1. The summed E-state index contributed by atoms with van der Waals surface area (Å²) in [7, 11) is 0. The molecule has 0 aliphatic heterocycles. The number of hydrogen-bond donors (Lipinski definition) is 2. The van der Waals surface area contributed by atoms with Crippen molar-refractivity contribution in [1.29, 1.82) is 0 Å². The van der Waals surface area contributed by atoms with E-state index >= 15 is 0 Å². The second-order valence-corrected chi connectivity index (χ2v) is 4.74. The summed E-state index contributed by atoms with van der Waals surface area (Å²) < 4.78 is 5.56. The molecule has 0 aliphatic rings. The molecule has 2 aromatic carbocycles. The smallest absolute Gasteiger partial charge is 0.253 e. The Hall–Kier alpha value is -2.17. The molecule has 2 rings (SSSR count). The average Bonchev–Trinajstić information content (AvgIpc) is 2.54. The number of amides is 1. The van der Waals surface area contributed by atoms with Gasteiger partial charge in [-0.25, -0.2) is 0 Å². The van der Waals surface area contributed by atoms with E-state index in [1.54, 1.807) is 19.1 Å². The molecule has 0 spiro atoms. The Morgan fingerprint density at radius 3 is 2.52 bits per heavy atom. The van der Waals surface area contributed by atoms with Crippen LogP contribution in [-0.2, 0) is 22.7 Å². The van der Waals surface area contributed by atoms with Gasteiger partial charge in [0.2, 0.25) is 0 Å².